The predicted octanol–water partition coefficient (Wildman–Crippen LogP) is 0.558. The van der Waals surface area contributed by atoms with Crippen molar-refractivity contribution in [1.82, 2.24) is 0 Å². The molecule has 0 aliphatic heterocycles. The molecule has 12 heavy (non-hydrogen) atoms. The zero-order valence-corrected chi connectivity index (χ0v) is 6.71. The molecule has 1 N–H and O–H groups in total. The first-order valence-corrected chi connectivity index (χ1v) is 2.95. The van der Waals surface area contributed by atoms with E-state index >= 15 is 0 Å². The van der Waals surface area contributed by atoms with Gasteiger partial charge in [0.15, 0.2) is 12.8 Å². The molecule has 0 bridgehead atoms. The van der Waals surface area contributed by atoms with Crippen molar-refractivity contribution in [3.05, 3.63) is 0 Å². The summed E-state index contributed by atoms with van der Waals surface area (Å²) in [5.74, 6) is -2.23. The van der Waals surface area contributed by atoms with Crippen LogP contribution in [0.4, 0.5) is 8.78 Å². The maximum atomic E-state index is 11.2. The molecule has 0 aliphatic rings. The number of ether oxygens (including phenoxy) is 1. The summed E-state index contributed by atoms with van der Waals surface area (Å²) in [6.07, 6.45) is -1.73. The van der Waals surface area contributed by atoms with Crippen LogP contribution in [0.2, 0.25) is 0 Å². The second-order valence-electron chi connectivity index (χ2n) is 1.66. The number of carboxylic acids is 1. The zero-order chi connectivity index (χ0) is 10.1. The Bertz CT molecular complexity index is 138. The van der Waals surface area contributed by atoms with Crippen molar-refractivity contribution in [1.29, 1.82) is 0 Å². The molecule has 0 rings (SSSR count). The first-order chi connectivity index (χ1) is 5.45. The fraction of sp³-hybridized carbons (Fsp3) is 0.667. The number of esters is 1. The molecule has 0 aliphatic carbocycles. The summed E-state index contributed by atoms with van der Waals surface area (Å²) in [4.78, 5) is 18.9. The number of carbonyl (C=O) groups is 2. The van der Waals surface area contributed by atoms with Gasteiger partial charge in [-0.2, -0.15) is 0 Å². The Morgan fingerprint density at radius 3 is 1.92 bits per heavy atom. The summed E-state index contributed by atoms with van der Waals surface area (Å²) in [5, 5.41) is 7.62. The number of halogens is 2. The molecule has 0 saturated heterocycles. The molecule has 0 radical (unpaired) electrons. The summed E-state index contributed by atoms with van der Waals surface area (Å²) in [6.45, 7) is -0.0567. The van der Waals surface area contributed by atoms with Crippen molar-refractivity contribution in [2.75, 3.05) is 13.8 Å². The molecule has 0 aromatic heterocycles. The maximum absolute atomic E-state index is 11.2. The third-order valence-corrected chi connectivity index (χ3v) is 0.677. The third kappa shape index (κ3) is 11.6. The van der Waals surface area contributed by atoms with E-state index in [1.807, 2.05) is 0 Å². The molecule has 72 valence electrons. The smallest absolute Gasteiger partial charge is 0.337 e. The molecular weight excluding hydrogens is 174 g/mol. The number of carboxylic acid groups (broad SMARTS) is 1. The van der Waals surface area contributed by atoms with E-state index in [2.05, 4.69) is 4.74 Å². The van der Waals surface area contributed by atoms with Gasteiger partial charge in [-0.25, -0.2) is 18.4 Å². The molecule has 0 amide bonds. The van der Waals surface area contributed by atoms with Gasteiger partial charge in [0.1, 0.15) is 0 Å². The van der Waals surface area contributed by atoms with Crippen molar-refractivity contribution >= 4 is 11.9 Å². The molecule has 1 unspecified atom stereocenters. The molecule has 0 aromatic carbocycles. The Morgan fingerprint density at radius 1 is 1.58 bits per heavy atom. The number of methoxy groups -OCH3 is 1. The quantitative estimate of drug-likeness (QED) is 0.637. The number of hydrogen-bond donors (Lipinski definition) is 1. The van der Waals surface area contributed by atoms with Crippen LogP contribution in [-0.4, -0.2) is 37.0 Å². The number of hydrogen-bond acceptors (Lipinski definition) is 3. The molecule has 0 heterocycles. The lowest BCUT2D eigenvalue weighted by Crippen LogP contribution is -2.08. The van der Waals surface area contributed by atoms with E-state index in [4.69, 9.17) is 5.11 Å². The van der Waals surface area contributed by atoms with Crippen LogP contribution < -0.4 is 0 Å². The number of rotatable bonds is 2. The largest absolute Gasteiger partial charge is 0.479 e. The van der Waals surface area contributed by atoms with Gasteiger partial charge in [0.2, 0.25) is 0 Å². The van der Waals surface area contributed by atoms with Gasteiger partial charge in [-0.3, -0.25) is 0 Å². The van der Waals surface area contributed by atoms with Gasteiger partial charge in [-0.15, -0.1) is 0 Å². The SMILES string of the molecule is CC(F)C(=O)O.COC(=O)CF. The lowest BCUT2D eigenvalue weighted by Gasteiger charge is -1.85. The van der Waals surface area contributed by atoms with Crippen molar-refractivity contribution in [2.45, 2.75) is 13.1 Å². The highest BCUT2D eigenvalue weighted by molar-refractivity contribution is 5.71. The van der Waals surface area contributed by atoms with Crippen molar-refractivity contribution < 1.29 is 28.2 Å². The number of carbonyl (C=O) groups excluding carboxylic acids is 1. The summed E-state index contributed by atoms with van der Waals surface area (Å²) >= 11 is 0. The summed E-state index contributed by atoms with van der Waals surface area (Å²) < 4.78 is 26.0. The van der Waals surface area contributed by atoms with Crippen LogP contribution in [0, 0.1) is 0 Å². The Labute approximate surface area is 68.1 Å². The van der Waals surface area contributed by atoms with Crippen LogP contribution in [-0.2, 0) is 14.3 Å². The van der Waals surface area contributed by atoms with Gasteiger partial charge in [0, 0.05) is 0 Å². The molecule has 1 atom stereocenters. The zero-order valence-electron chi connectivity index (χ0n) is 6.71. The van der Waals surface area contributed by atoms with Gasteiger partial charge in [-0.1, -0.05) is 0 Å². The molecule has 0 saturated carbocycles. The average Bonchev–Trinajstić information content (AvgIpc) is 2.04. The Kier molecular flexibility index (Phi) is 8.82. The van der Waals surface area contributed by atoms with Crippen LogP contribution >= 0.6 is 0 Å². The molecule has 0 aromatic rings. The highest BCUT2D eigenvalue weighted by Crippen LogP contribution is 1.83. The Morgan fingerprint density at radius 2 is 1.92 bits per heavy atom. The topological polar surface area (TPSA) is 63.6 Å². The van der Waals surface area contributed by atoms with E-state index < -0.39 is 24.8 Å². The minimum Gasteiger partial charge on any atom is -0.479 e. The fourth-order valence-electron chi connectivity index (χ4n) is 0.0546. The van der Waals surface area contributed by atoms with Crippen LogP contribution in [0.5, 0.6) is 0 Å². The van der Waals surface area contributed by atoms with Crippen LogP contribution in [0.25, 0.3) is 0 Å². The van der Waals surface area contributed by atoms with Gasteiger partial charge in [-0.05, 0) is 6.92 Å². The monoisotopic (exact) mass is 184 g/mol. The van der Waals surface area contributed by atoms with E-state index in [0.717, 1.165) is 14.0 Å². The van der Waals surface area contributed by atoms with Crippen LogP contribution in [0.3, 0.4) is 0 Å². The van der Waals surface area contributed by atoms with Crippen LogP contribution in [0.15, 0.2) is 0 Å². The molecule has 0 fully saturated rings. The molecule has 4 nitrogen and oxygen atoms in total. The minimum absolute atomic E-state index is 0.824. The van der Waals surface area contributed by atoms with Gasteiger partial charge in [0.05, 0.1) is 7.11 Å². The van der Waals surface area contributed by atoms with E-state index in [1.165, 1.54) is 0 Å². The van der Waals surface area contributed by atoms with Crippen LogP contribution in [0.1, 0.15) is 6.92 Å². The summed E-state index contributed by atoms with van der Waals surface area (Å²) in [7, 11) is 1.14. The second-order valence-corrected chi connectivity index (χ2v) is 1.66. The number of aliphatic carboxylic acids is 1. The minimum atomic E-state index is -1.73. The van der Waals surface area contributed by atoms with E-state index in [9.17, 15) is 18.4 Å². The fourth-order valence-corrected chi connectivity index (χ4v) is 0.0546. The Hall–Kier alpha value is -1.20. The van der Waals surface area contributed by atoms with E-state index in [1.54, 1.807) is 0 Å². The average molecular weight is 184 g/mol. The second kappa shape index (κ2) is 7.90. The van der Waals surface area contributed by atoms with Crippen molar-refractivity contribution in [2.24, 2.45) is 0 Å². The lowest BCUT2D eigenvalue weighted by molar-refractivity contribution is -0.142. The Balaban J connectivity index is 0. The van der Waals surface area contributed by atoms with E-state index in [-0.39, 0.29) is 0 Å². The van der Waals surface area contributed by atoms with Crippen molar-refractivity contribution in [3.8, 4) is 0 Å². The number of alkyl halides is 2. The van der Waals surface area contributed by atoms with Gasteiger partial charge >= 0.3 is 11.9 Å². The first kappa shape index (κ1) is 13.4. The van der Waals surface area contributed by atoms with Gasteiger partial charge < -0.3 is 9.84 Å². The lowest BCUT2D eigenvalue weighted by atomic mass is 10.5. The van der Waals surface area contributed by atoms with E-state index in [0.29, 0.717) is 0 Å². The molecule has 6 heteroatoms. The molecular formula is C6H10F2O4. The third-order valence-electron chi connectivity index (χ3n) is 0.677. The van der Waals surface area contributed by atoms with Gasteiger partial charge in [0.25, 0.3) is 0 Å². The predicted molar refractivity (Wildman–Crippen MR) is 36.2 cm³/mol. The maximum Gasteiger partial charge on any atom is 0.337 e. The highest BCUT2D eigenvalue weighted by Gasteiger charge is 2.04. The first-order valence-electron chi connectivity index (χ1n) is 2.95. The summed E-state index contributed by atoms with van der Waals surface area (Å²) in [6, 6.07) is 0. The normalized spacial score (nSPS) is 10.7. The standard InChI is InChI=1S/2C3H5FO2/c1-6-3(5)2-4;1-2(4)3(5)6/h2H2,1H3;2H,1H3,(H,5,6). The van der Waals surface area contributed by atoms with Crippen molar-refractivity contribution in [3.63, 3.8) is 0 Å². The summed E-state index contributed by atoms with van der Waals surface area (Å²) in [5.41, 5.74) is 0. The highest BCUT2D eigenvalue weighted by atomic mass is 19.1. The molecule has 0 spiro atoms.